The van der Waals surface area contributed by atoms with Crippen LogP contribution in [0.15, 0.2) is 42.6 Å². The molecule has 7 heteroatoms. The zero-order valence-corrected chi connectivity index (χ0v) is 21.2. The maximum Gasteiger partial charge on any atom is 0.318 e. The molecule has 1 saturated carbocycles. The fourth-order valence-corrected chi connectivity index (χ4v) is 7.52. The van der Waals surface area contributed by atoms with Crippen LogP contribution in [0.25, 0.3) is 5.00 Å². The molecule has 1 aromatic carbocycles. The third-order valence-corrected chi connectivity index (χ3v) is 9.11. The molecule has 2 aromatic heterocycles. The number of benzene rings is 1. The lowest BCUT2D eigenvalue weighted by atomic mass is 9.95. The smallest absolute Gasteiger partial charge is 0.318 e. The van der Waals surface area contributed by atoms with Crippen molar-refractivity contribution in [1.29, 1.82) is 0 Å². The van der Waals surface area contributed by atoms with Crippen molar-refractivity contribution in [2.75, 3.05) is 13.6 Å². The van der Waals surface area contributed by atoms with E-state index in [1.807, 2.05) is 29.5 Å². The molecule has 2 amide bonds. The standard InChI is InChI=1S/C27H31ClN4OS/c1-30-14-12-21-22-16-32(27(33)29-20-9-3-2-4-10-20)25(18-7-5-8-19(28)15-18)23-11-6-13-31(23)26(22)34-24(21)17-30/h5-8,11,13,15,20,25H,2-4,9-10,12,14,16-17H2,1H3,(H,29,33)/t25-/m0/s1. The summed E-state index contributed by atoms with van der Waals surface area (Å²) in [6.07, 6.45) is 9.00. The number of aromatic nitrogens is 1. The van der Waals surface area contributed by atoms with Crippen molar-refractivity contribution >= 4 is 29.0 Å². The van der Waals surface area contributed by atoms with Crippen LogP contribution in [0.3, 0.4) is 0 Å². The van der Waals surface area contributed by atoms with Gasteiger partial charge in [0.1, 0.15) is 5.00 Å². The zero-order chi connectivity index (χ0) is 23.2. The van der Waals surface area contributed by atoms with E-state index in [2.05, 4.69) is 51.1 Å². The van der Waals surface area contributed by atoms with Crippen LogP contribution >= 0.6 is 22.9 Å². The van der Waals surface area contributed by atoms with Gasteiger partial charge in [0.2, 0.25) is 0 Å². The number of halogens is 1. The van der Waals surface area contributed by atoms with Crippen LogP contribution in [0, 0.1) is 0 Å². The Hall–Kier alpha value is -2.28. The number of urea groups is 1. The van der Waals surface area contributed by atoms with E-state index in [0.717, 1.165) is 43.6 Å². The number of nitrogens with one attached hydrogen (secondary N) is 1. The lowest BCUT2D eigenvalue weighted by molar-refractivity contribution is 0.173. The summed E-state index contributed by atoms with van der Waals surface area (Å²) >= 11 is 8.33. The number of rotatable bonds is 2. The summed E-state index contributed by atoms with van der Waals surface area (Å²) < 4.78 is 2.32. The van der Waals surface area contributed by atoms with Crippen LogP contribution < -0.4 is 5.32 Å². The molecule has 5 nitrogen and oxygen atoms in total. The Labute approximate surface area is 210 Å². The number of carbonyl (C=O) groups excluding carboxylic acids is 1. The minimum absolute atomic E-state index is 0.0327. The minimum Gasteiger partial charge on any atom is -0.335 e. The molecule has 34 heavy (non-hydrogen) atoms. The van der Waals surface area contributed by atoms with E-state index in [-0.39, 0.29) is 18.1 Å². The number of fused-ring (bicyclic) bond motifs is 5. The second kappa shape index (κ2) is 9.06. The van der Waals surface area contributed by atoms with Gasteiger partial charge in [-0.2, -0.15) is 0 Å². The third-order valence-electron chi connectivity index (χ3n) is 7.61. The average molecular weight is 495 g/mol. The Morgan fingerprint density at radius 1 is 1.09 bits per heavy atom. The molecule has 1 atom stereocenters. The monoisotopic (exact) mass is 494 g/mol. The highest BCUT2D eigenvalue weighted by Crippen LogP contribution is 2.43. The predicted molar refractivity (Wildman–Crippen MR) is 138 cm³/mol. The van der Waals surface area contributed by atoms with Crippen molar-refractivity contribution in [3.63, 3.8) is 0 Å². The van der Waals surface area contributed by atoms with Crippen LogP contribution in [0.4, 0.5) is 4.79 Å². The number of carbonyl (C=O) groups is 1. The fourth-order valence-electron chi connectivity index (χ4n) is 5.88. The Balaban J connectivity index is 1.47. The highest BCUT2D eigenvalue weighted by Gasteiger charge is 2.37. The van der Waals surface area contributed by atoms with Crippen LogP contribution in [0.1, 0.15) is 65.4 Å². The van der Waals surface area contributed by atoms with Crippen molar-refractivity contribution in [2.24, 2.45) is 0 Å². The van der Waals surface area contributed by atoms with E-state index in [1.54, 1.807) is 0 Å². The van der Waals surface area contributed by atoms with Gasteiger partial charge in [0.25, 0.3) is 0 Å². The molecule has 1 aliphatic carbocycles. The lowest BCUT2D eigenvalue weighted by Gasteiger charge is -2.34. The summed E-state index contributed by atoms with van der Waals surface area (Å²) in [5.41, 5.74) is 4.93. The second-order valence-electron chi connectivity index (χ2n) is 9.95. The number of thiophene rings is 1. The highest BCUT2D eigenvalue weighted by molar-refractivity contribution is 7.15. The van der Waals surface area contributed by atoms with E-state index in [1.165, 1.54) is 40.3 Å². The molecular formula is C27H31ClN4OS. The number of amides is 2. The van der Waals surface area contributed by atoms with Crippen molar-refractivity contribution in [2.45, 2.75) is 63.7 Å². The molecule has 4 heterocycles. The summed E-state index contributed by atoms with van der Waals surface area (Å²) in [5.74, 6) is 0. The molecule has 0 radical (unpaired) electrons. The second-order valence-corrected chi connectivity index (χ2v) is 11.5. The van der Waals surface area contributed by atoms with Gasteiger partial charge in [0.15, 0.2) is 0 Å². The molecule has 2 aliphatic heterocycles. The van der Waals surface area contributed by atoms with E-state index < -0.39 is 0 Å². The normalized spacial score (nSPS) is 20.9. The molecule has 6 rings (SSSR count). The quantitative estimate of drug-likeness (QED) is 0.465. The molecule has 1 N–H and O–H groups in total. The Bertz CT molecular complexity index is 1210. The number of hydrogen-bond acceptors (Lipinski definition) is 3. The van der Waals surface area contributed by atoms with Gasteiger partial charge in [-0.1, -0.05) is 43.0 Å². The van der Waals surface area contributed by atoms with Gasteiger partial charge in [-0.15, -0.1) is 11.3 Å². The molecular weight excluding hydrogens is 464 g/mol. The Kier molecular flexibility index (Phi) is 5.92. The van der Waals surface area contributed by atoms with E-state index >= 15 is 0 Å². The zero-order valence-electron chi connectivity index (χ0n) is 19.6. The Morgan fingerprint density at radius 3 is 2.76 bits per heavy atom. The van der Waals surface area contributed by atoms with Crippen molar-refractivity contribution in [3.05, 3.63) is 74.9 Å². The molecule has 0 bridgehead atoms. The maximum atomic E-state index is 13.9. The van der Waals surface area contributed by atoms with Gasteiger partial charge < -0.3 is 19.7 Å². The fraction of sp³-hybridized carbons (Fsp3) is 0.444. The largest absolute Gasteiger partial charge is 0.335 e. The maximum absolute atomic E-state index is 13.9. The van der Waals surface area contributed by atoms with Crippen LogP contribution in [0.5, 0.6) is 0 Å². The summed E-state index contributed by atoms with van der Waals surface area (Å²) in [6.45, 7) is 2.65. The van der Waals surface area contributed by atoms with E-state index in [9.17, 15) is 4.79 Å². The number of likely N-dealkylation sites (N-methyl/N-ethyl adjacent to an activating group) is 1. The summed E-state index contributed by atoms with van der Waals surface area (Å²) in [7, 11) is 2.19. The first-order chi connectivity index (χ1) is 16.6. The molecule has 178 valence electrons. The molecule has 0 saturated heterocycles. The van der Waals surface area contributed by atoms with Crippen molar-refractivity contribution in [3.8, 4) is 5.00 Å². The van der Waals surface area contributed by atoms with Gasteiger partial charge >= 0.3 is 6.03 Å². The van der Waals surface area contributed by atoms with Crippen molar-refractivity contribution < 1.29 is 4.79 Å². The summed E-state index contributed by atoms with van der Waals surface area (Å²) in [4.78, 5) is 19.8. The molecule has 3 aliphatic rings. The Morgan fingerprint density at radius 2 is 1.94 bits per heavy atom. The molecule has 1 fully saturated rings. The highest BCUT2D eigenvalue weighted by atomic mass is 35.5. The molecule has 0 unspecified atom stereocenters. The first-order valence-electron chi connectivity index (χ1n) is 12.4. The molecule has 0 spiro atoms. The van der Waals surface area contributed by atoms with E-state index in [0.29, 0.717) is 11.6 Å². The molecule has 3 aromatic rings. The predicted octanol–water partition coefficient (Wildman–Crippen LogP) is 6.13. The van der Waals surface area contributed by atoms with Gasteiger partial charge in [0.05, 0.1) is 18.3 Å². The SMILES string of the molecule is CN1CCc2c(sc3c2CN(C(=O)NC2CCCCC2)[C@@H](c2cccc(Cl)c2)c2cccn2-3)C1. The summed E-state index contributed by atoms with van der Waals surface area (Å²) in [6, 6.07) is 12.4. The summed E-state index contributed by atoms with van der Waals surface area (Å²) in [5, 5.41) is 5.36. The first kappa shape index (κ1) is 22.2. The third kappa shape index (κ3) is 3.96. The minimum atomic E-state index is -0.196. The number of nitrogens with zero attached hydrogens (tertiary/aromatic N) is 3. The van der Waals surface area contributed by atoms with Gasteiger partial charge in [0, 0.05) is 40.8 Å². The van der Waals surface area contributed by atoms with E-state index in [4.69, 9.17) is 11.6 Å². The topological polar surface area (TPSA) is 40.5 Å². The first-order valence-corrected chi connectivity index (χ1v) is 13.6. The lowest BCUT2D eigenvalue weighted by Crippen LogP contribution is -2.46. The number of hydrogen-bond donors (Lipinski definition) is 1. The van der Waals surface area contributed by atoms with Crippen LogP contribution in [-0.2, 0) is 19.5 Å². The van der Waals surface area contributed by atoms with Gasteiger partial charge in [-0.3, -0.25) is 0 Å². The van der Waals surface area contributed by atoms with Crippen LogP contribution in [-0.4, -0.2) is 40.0 Å². The average Bonchev–Trinajstić information content (AvgIpc) is 3.41. The van der Waals surface area contributed by atoms with Gasteiger partial charge in [-0.25, -0.2) is 4.79 Å². The van der Waals surface area contributed by atoms with Crippen molar-refractivity contribution in [1.82, 2.24) is 19.7 Å². The van der Waals surface area contributed by atoms with Crippen LogP contribution in [0.2, 0.25) is 5.02 Å². The van der Waals surface area contributed by atoms with Gasteiger partial charge in [-0.05, 0) is 61.7 Å².